The second-order valence-corrected chi connectivity index (χ2v) is 6.06. The summed E-state index contributed by atoms with van der Waals surface area (Å²) in [6, 6.07) is 1.76. The molecule has 0 radical (unpaired) electrons. The Morgan fingerprint density at radius 2 is 1.69 bits per heavy atom. The molecule has 0 amide bonds. The average Bonchev–Trinajstić information content (AvgIpc) is 2.63. The Kier molecular flexibility index (Phi) is 4.69. The molecular formula is C15H29N. The predicted octanol–water partition coefficient (Wildman–Crippen LogP) is 4.12. The van der Waals surface area contributed by atoms with Crippen LogP contribution in [0, 0.1) is 11.8 Å². The zero-order chi connectivity index (χ0) is 11.4. The summed E-state index contributed by atoms with van der Waals surface area (Å²) in [7, 11) is 0. The number of hydrogen-bond acceptors (Lipinski definition) is 1. The molecule has 1 N–H and O–H groups in total. The molecule has 2 rings (SSSR count). The molecular weight excluding hydrogens is 194 g/mol. The maximum atomic E-state index is 3.77. The van der Waals surface area contributed by atoms with Crippen molar-refractivity contribution in [3.05, 3.63) is 0 Å². The van der Waals surface area contributed by atoms with Crippen molar-refractivity contribution in [2.45, 2.75) is 83.7 Å². The van der Waals surface area contributed by atoms with Gasteiger partial charge < -0.3 is 5.32 Å². The lowest BCUT2D eigenvalue weighted by molar-refractivity contribution is 0.194. The van der Waals surface area contributed by atoms with Gasteiger partial charge in [0.15, 0.2) is 0 Å². The van der Waals surface area contributed by atoms with Gasteiger partial charge >= 0.3 is 0 Å². The molecule has 0 spiro atoms. The van der Waals surface area contributed by atoms with Crippen LogP contribution in [-0.2, 0) is 0 Å². The smallest absolute Gasteiger partial charge is 0.00729 e. The van der Waals surface area contributed by atoms with E-state index in [2.05, 4.69) is 19.2 Å². The van der Waals surface area contributed by atoms with E-state index in [-0.39, 0.29) is 0 Å². The maximum Gasteiger partial charge on any atom is 0.00729 e. The van der Waals surface area contributed by atoms with Crippen molar-refractivity contribution in [2.75, 3.05) is 0 Å². The molecule has 3 unspecified atom stereocenters. The van der Waals surface area contributed by atoms with Crippen LogP contribution in [0.5, 0.6) is 0 Å². The van der Waals surface area contributed by atoms with Crippen molar-refractivity contribution in [1.82, 2.24) is 5.32 Å². The molecule has 1 nitrogen and oxygen atoms in total. The lowest BCUT2D eigenvalue weighted by Crippen LogP contribution is -2.40. The highest BCUT2D eigenvalue weighted by Crippen LogP contribution is 2.38. The molecule has 94 valence electrons. The quantitative estimate of drug-likeness (QED) is 0.714. The van der Waals surface area contributed by atoms with E-state index in [1.54, 1.807) is 0 Å². The molecule has 2 aliphatic rings. The zero-order valence-corrected chi connectivity index (χ0v) is 11.2. The maximum absolute atomic E-state index is 3.77. The summed E-state index contributed by atoms with van der Waals surface area (Å²) in [6.45, 7) is 4.68. The van der Waals surface area contributed by atoms with Gasteiger partial charge in [-0.25, -0.2) is 0 Å². The molecule has 0 aromatic carbocycles. The Bertz CT molecular complexity index is 190. The van der Waals surface area contributed by atoms with E-state index in [0.717, 1.165) is 23.9 Å². The van der Waals surface area contributed by atoms with Gasteiger partial charge in [0, 0.05) is 12.1 Å². The van der Waals surface area contributed by atoms with E-state index in [0.29, 0.717) is 0 Å². The minimum Gasteiger partial charge on any atom is -0.311 e. The topological polar surface area (TPSA) is 12.0 Å². The molecule has 3 atom stereocenters. The third kappa shape index (κ3) is 3.00. The normalized spacial score (nSPS) is 35.2. The van der Waals surface area contributed by atoms with Crippen molar-refractivity contribution in [3.63, 3.8) is 0 Å². The first-order valence-electron chi connectivity index (χ1n) is 7.59. The van der Waals surface area contributed by atoms with E-state index >= 15 is 0 Å². The van der Waals surface area contributed by atoms with E-state index in [1.165, 1.54) is 57.8 Å². The summed E-state index contributed by atoms with van der Waals surface area (Å²) < 4.78 is 0. The third-order valence-electron chi connectivity index (χ3n) is 4.76. The van der Waals surface area contributed by atoms with Gasteiger partial charge in [0.25, 0.3) is 0 Å². The van der Waals surface area contributed by atoms with Gasteiger partial charge in [-0.15, -0.1) is 0 Å². The number of piperidine rings is 1. The van der Waals surface area contributed by atoms with Gasteiger partial charge in [0.1, 0.15) is 0 Å². The number of unbranched alkanes of at least 4 members (excludes halogenated alkanes) is 1. The van der Waals surface area contributed by atoms with Crippen LogP contribution in [0.2, 0.25) is 0 Å². The number of nitrogens with one attached hydrogen (secondary N) is 1. The Morgan fingerprint density at radius 1 is 1.00 bits per heavy atom. The first kappa shape index (κ1) is 12.4. The van der Waals surface area contributed by atoms with Gasteiger partial charge in [0.05, 0.1) is 0 Å². The van der Waals surface area contributed by atoms with Gasteiger partial charge in [0.2, 0.25) is 0 Å². The highest BCUT2D eigenvalue weighted by molar-refractivity contribution is 4.93. The lowest BCUT2D eigenvalue weighted by Gasteiger charge is -2.35. The number of rotatable bonds is 6. The Hall–Kier alpha value is -0.0400. The second-order valence-electron chi connectivity index (χ2n) is 6.06. The Morgan fingerprint density at radius 3 is 2.25 bits per heavy atom. The summed E-state index contributed by atoms with van der Waals surface area (Å²) >= 11 is 0. The summed E-state index contributed by atoms with van der Waals surface area (Å²) in [5, 5.41) is 3.77. The predicted molar refractivity (Wildman–Crippen MR) is 70.6 cm³/mol. The fraction of sp³-hybridized carbons (Fsp3) is 1.00. The van der Waals surface area contributed by atoms with E-state index in [1.807, 2.05) is 0 Å². The molecule has 2 aliphatic heterocycles. The third-order valence-corrected chi connectivity index (χ3v) is 4.76. The van der Waals surface area contributed by atoms with E-state index in [9.17, 15) is 0 Å². The molecule has 2 fully saturated rings. The summed E-state index contributed by atoms with van der Waals surface area (Å²) in [5.41, 5.74) is 0. The van der Waals surface area contributed by atoms with Gasteiger partial charge in [-0.05, 0) is 37.5 Å². The van der Waals surface area contributed by atoms with Crippen LogP contribution in [0.1, 0.15) is 71.6 Å². The van der Waals surface area contributed by atoms with E-state index < -0.39 is 0 Å². The minimum absolute atomic E-state index is 0.879. The highest BCUT2D eigenvalue weighted by atomic mass is 15.0. The van der Waals surface area contributed by atoms with Crippen molar-refractivity contribution < 1.29 is 0 Å². The van der Waals surface area contributed by atoms with Gasteiger partial charge in [-0.3, -0.25) is 0 Å². The molecule has 0 aromatic rings. The molecule has 0 aromatic heterocycles. The Balaban J connectivity index is 1.86. The van der Waals surface area contributed by atoms with Crippen molar-refractivity contribution >= 4 is 0 Å². The van der Waals surface area contributed by atoms with Gasteiger partial charge in [-0.1, -0.05) is 46.0 Å². The first-order chi connectivity index (χ1) is 7.83. The van der Waals surface area contributed by atoms with Crippen molar-refractivity contribution in [1.29, 1.82) is 0 Å². The standard InChI is InChI=1S/C15H29N/c1-3-5-7-12(6-4-2)13-10-14-8-9-15(11-13)16-14/h12-16H,3-11H2,1-2H3. The molecule has 2 saturated heterocycles. The molecule has 0 aliphatic carbocycles. The summed E-state index contributed by atoms with van der Waals surface area (Å²) in [4.78, 5) is 0. The number of hydrogen-bond donors (Lipinski definition) is 1. The van der Waals surface area contributed by atoms with Crippen LogP contribution in [0.4, 0.5) is 0 Å². The molecule has 2 heterocycles. The average molecular weight is 223 g/mol. The fourth-order valence-corrected chi connectivity index (χ4v) is 3.94. The van der Waals surface area contributed by atoms with E-state index in [4.69, 9.17) is 0 Å². The molecule has 1 heteroatoms. The van der Waals surface area contributed by atoms with Crippen LogP contribution in [-0.4, -0.2) is 12.1 Å². The van der Waals surface area contributed by atoms with Crippen LogP contribution < -0.4 is 5.32 Å². The monoisotopic (exact) mass is 223 g/mol. The minimum atomic E-state index is 0.879. The van der Waals surface area contributed by atoms with Crippen LogP contribution in [0.15, 0.2) is 0 Å². The molecule has 0 saturated carbocycles. The highest BCUT2D eigenvalue weighted by Gasteiger charge is 2.36. The largest absolute Gasteiger partial charge is 0.311 e. The van der Waals surface area contributed by atoms with Crippen molar-refractivity contribution in [3.8, 4) is 0 Å². The second kappa shape index (κ2) is 6.05. The molecule has 16 heavy (non-hydrogen) atoms. The zero-order valence-electron chi connectivity index (χ0n) is 11.2. The fourth-order valence-electron chi connectivity index (χ4n) is 3.94. The van der Waals surface area contributed by atoms with Crippen LogP contribution in [0.25, 0.3) is 0 Å². The first-order valence-corrected chi connectivity index (χ1v) is 7.59. The summed E-state index contributed by atoms with van der Waals surface area (Å²) in [6.07, 6.45) is 13.0. The van der Waals surface area contributed by atoms with Crippen LogP contribution >= 0.6 is 0 Å². The SMILES string of the molecule is CCCCC(CCC)C1CC2CCC(C1)N2. The lowest BCUT2D eigenvalue weighted by atomic mass is 9.77. The number of fused-ring (bicyclic) bond motifs is 2. The van der Waals surface area contributed by atoms with Crippen molar-refractivity contribution in [2.24, 2.45) is 11.8 Å². The summed E-state index contributed by atoms with van der Waals surface area (Å²) in [5.74, 6) is 2.08. The van der Waals surface area contributed by atoms with Crippen LogP contribution in [0.3, 0.4) is 0 Å². The Labute approximate surface area is 101 Å². The molecule has 2 bridgehead atoms. The van der Waals surface area contributed by atoms with Gasteiger partial charge in [-0.2, -0.15) is 0 Å².